The number of aryl methyl sites for hydroxylation is 1. The number of thiophene rings is 1. The maximum Gasteiger partial charge on any atom is 0.265 e. The molecule has 0 atom stereocenters. The fourth-order valence-corrected chi connectivity index (χ4v) is 2.65. The molecule has 2 heterocycles. The molecule has 7 heteroatoms. The first kappa shape index (κ1) is 15.0. The molecule has 1 aromatic carbocycles. The van der Waals surface area contributed by atoms with Crippen LogP contribution in [0.5, 0.6) is 0 Å². The third-order valence-corrected chi connectivity index (χ3v) is 3.96. The Morgan fingerprint density at radius 3 is 2.61 bits per heavy atom. The Balaban J connectivity index is 1.71. The summed E-state index contributed by atoms with van der Waals surface area (Å²) in [5.74, 6) is -0.449. The number of aromatic nitrogens is 2. The minimum absolute atomic E-state index is 0.190. The number of nitrogens with one attached hydrogen (secondary N) is 2. The minimum atomic E-state index is -0.259. The number of anilines is 2. The average Bonchev–Trinajstić information content (AvgIpc) is 3.19. The summed E-state index contributed by atoms with van der Waals surface area (Å²) in [5, 5.41) is 11.4. The zero-order valence-electron chi connectivity index (χ0n) is 12.3. The number of carbonyl (C=O) groups is 2. The second-order valence-electron chi connectivity index (χ2n) is 4.87. The number of benzene rings is 1. The number of nitrogens with zero attached hydrogens (tertiary/aromatic N) is 2. The monoisotopic (exact) mass is 326 g/mol. The van der Waals surface area contributed by atoms with Crippen LogP contribution in [0.3, 0.4) is 0 Å². The largest absolute Gasteiger partial charge is 0.321 e. The molecule has 0 unspecified atom stereocenters. The van der Waals surface area contributed by atoms with E-state index in [-0.39, 0.29) is 11.8 Å². The SMILES string of the molecule is Cn1cc(NC(=O)c2cccc(NC(=O)c3cccs3)c2)cn1. The van der Waals surface area contributed by atoms with Gasteiger partial charge in [-0.05, 0) is 29.6 Å². The quantitative estimate of drug-likeness (QED) is 0.774. The molecule has 6 nitrogen and oxygen atoms in total. The van der Waals surface area contributed by atoms with Crippen molar-refractivity contribution in [1.82, 2.24) is 9.78 Å². The lowest BCUT2D eigenvalue weighted by Gasteiger charge is -2.07. The molecule has 2 aromatic heterocycles. The van der Waals surface area contributed by atoms with E-state index in [1.807, 2.05) is 11.4 Å². The van der Waals surface area contributed by atoms with E-state index in [9.17, 15) is 9.59 Å². The molecule has 2 amide bonds. The predicted molar refractivity (Wildman–Crippen MR) is 89.9 cm³/mol. The van der Waals surface area contributed by atoms with E-state index in [1.165, 1.54) is 11.3 Å². The Labute approximate surface area is 136 Å². The summed E-state index contributed by atoms with van der Waals surface area (Å²) in [6, 6.07) is 10.4. The lowest BCUT2D eigenvalue weighted by Crippen LogP contribution is -2.13. The Bertz CT molecular complexity index is 839. The van der Waals surface area contributed by atoms with Crippen LogP contribution in [0, 0.1) is 0 Å². The summed E-state index contributed by atoms with van der Waals surface area (Å²) in [7, 11) is 1.77. The second-order valence-corrected chi connectivity index (χ2v) is 5.82. The molecule has 0 fully saturated rings. The zero-order chi connectivity index (χ0) is 16.2. The van der Waals surface area contributed by atoms with Gasteiger partial charge in [-0.3, -0.25) is 14.3 Å². The Morgan fingerprint density at radius 1 is 1.09 bits per heavy atom. The first-order valence-electron chi connectivity index (χ1n) is 6.87. The van der Waals surface area contributed by atoms with Gasteiger partial charge in [-0.15, -0.1) is 11.3 Å². The van der Waals surface area contributed by atoms with Crippen molar-refractivity contribution in [1.29, 1.82) is 0 Å². The van der Waals surface area contributed by atoms with E-state index in [2.05, 4.69) is 15.7 Å². The van der Waals surface area contributed by atoms with Gasteiger partial charge in [0, 0.05) is 24.5 Å². The molecular formula is C16H14N4O2S. The third kappa shape index (κ3) is 3.64. The van der Waals surface area contributed by atoms with Gasteiger partial charge in [-0.2, -0.15) is 5.10 Å². The highest BCUT2D eigenvalue weighted by Gasteiger charge is 2.10. The molecule has 2 N–H and O–H groups in total. The molecule has 0 aliphatic heterocycles. The van der Waals surface area contributed by atoms with Crippen molar-refractivity contribution < 1.29 is 9.59 Å². The van der Waals surface area contributed by atoms with Gasteiger partial charge in [0.25, 0.3) is 11.8 Å². The van der Waals surface area contributed by atoms with Gasteiger partial charge in [0.05, 0.1) is 16.8 Å². The van der Waals surface area contributed by atoms with Gasteiger partial charge in [-0.1, -0.05) is 12.1 Å². The Morgan fingerprint density at radius 2 is 1.91 bits per heavy atom. The molecule has 0 radical (unpaired) electrons. The normalized spacial score (nSPS) is 10.3. The van der Waals surface area contributed by atoms with Crippen LogP contribution < -0.4 is 10.6 Å². The fourth-order valence-electron chi connectivity index (χ4n) is 2.03. The van der Waals surface area contributed by atoms with Gasteiger partial charge in [0.1, 0.15) is 0 Å². The molecule has 116 valence electrons. The molecule has 0 aliphatic rings. The summed E-state index contributed by atoms with van der Waals surface area (Å²) in [6.07, 6.45) is 3.28. The number of hydrogen-bond donors (Lipinski definition) is 2. The highest BCUT2D eigenvalue weighted by atomic mass is 32.1. The number of rotatable bonds is 4. The molecule has 23 heavy (non-hydrogen) atoms. The standard InChI is InChI=1S/C16H14N4O2S/c1-20-10-13(9-17-20)19-15(21)11-4-2-5-12(8-11)18-16(22)14-6-3-7-23-14/h2-10H,1H3,(H,18,22)(H,19,21). The number of amides is 2. The maximum absolute atomic E-state index is 12.2. The van der Waals surface area contributed by atoms with E-state index >= 15 is 0 Å². The smallest absolute Gasteiger partial charge is 0.265 e. The van der Waals surface area contributed by atoms with E-state index < -0.39 is 0 Å². The fraction of sp³-hybridized carbons (Fsp3) is 0.0625. The van der Waals surface area contributed by atoms with Crippen molar-refractivity contribution in [3.05, 3.63) is 64.6 Å². The first-order valence-corrected chi connectivity index (χ1v) is 7.75. The van der Waals surface area contributed by atoms with Crippen LogP contribution >= 0.6 is 11.3 Å². The summed E-state index contributed by atoms with van der Waals surface area (Å²) in [4.78, 5) is 24.9. The van der Waals surface area contributed by atoms with Gasteiger partial charge < -0.3 is 10.6 Å². The highest BCUT2D eigenvalue weighted by molar-refractivity contribution is 7.12. The van der Waals surface area contributed by atoms with Gasteiger partial charge in [-0.25, -0.2) is 0 Å². The van der Waals surface area contributed by atoms with Crippen LogP contribution in [0.4, 0.5) is 11.4 Å². The third-order valence-electron chi connectivity index (χ3n) is 3.09. The lowest BCUT2D eigenvalue weighted by molar-refractivity contribution is 0.101. The average molecular weight is 326 g/mol. The molecule has 0 spiro atoms. The Hall–Kier alpha value is -2.93. The second kappa shape index (κ2) is 6.45. The van der Waals surface area contributed by atoms with Crippen LogP contribution in [0.15, 0.2) is 54.2 Å². The molecule has 3 aromatic rings. The molecule has 0 aliphatic carbocycles. The molecule has 0 bridgehead atoms. The number of hydrogen-bond acceptors (Lipinski definition) is 4. The first-order chi connectivity index (χ1) is 11.1. The van der Waals surface area contributed by atoms with Crippen molar-refractivity contribution >= 4 is 34.5 Å². The van der Waals surface area contributed by atoms with E-state index in [4.69, 9.17) is 0 Å². The summed E-state index contributed by atoms with van der Waals surface area (Å²) in [6.45, 7) is 0. The van der Waals surface area contributed by atoms with Crippen LogP contribution in [0.1, 0.15) is 20.0 Å². The molecule has 0 saturated carbocycles. The molecule has 3 rings (SSSR count). The van der Waals surface area contributed by atoms with Crippen LogP contribution in [-0.2, 0) is 7.05 Å². The topological polar surface area (TPSA) is 76.0 Å². The summed E-state index contributed by atoms with van der Waals surface area (Å²) >= 11 is 1.36. The van der Waals surface area contributed by atoms with E-state index in [1.54, 1.807) is 54.5 Å². The zero-order valence-corrected chi connectivity index (χ0v) is 13.1. The van der Waals surface area contributed by atoms with E-state index in [0.29, 0.717) is 21.8 Å². The van der Waals surface area contributed by atoms with Crippen molar-refractivity contribution in [3.63, 3.8) is 0 Å². The van der Waals surface area contributed by atoms with Gasteiger partial charge >= 0.3 is 0 Å². The van der Waals surface area contributed by atoms with Crippen LogP contribution in [0.2, 0.25) is 0 Å². The lowest BCUT2D eigenvalue weighted by atomic mass is 10.2. The van der Waals surface area contributed by atoms with Gasteiger partial charge in [0.2, 0.25) is 0 Å². The molecular weight excluding hydrogens is 312 g/mol. The summed E-state index contributed by atoms with van der Waals surface area (Å²) < 4.78 is 1.60. The van der Waals surface area contributed by atoms with Crippen LogP contribution in [0.25, 0.3) is 0 Å². The van der Waals surface area contributed by atoms with Crippen molar-refractivity contribution in [2.75, 3.05) is 10.6 Å². The van der Waals surface area contributed by atoms with Crippen molar-refractivity contribution in [2.24, 2.45) is 7.05 Å². The molecule has 0 saturated heterocycles. The predicted octanol–water partition coefficient (Wildman–Crippen LogP) is 2.99. The van der Waals surface area contributed by atoms with Gasteiger partial charge in [0.15, 0.2) is 0 Å². The highest BCUT2D eigenvalue weighted by Crippen LogP contribution is 2.16. The summed E-state index contributed by atoms with van der Waals surface area (Å²) in [5.41, 5.74) is 1.64. The van der Waals surface area contributed by atoms with Crippen molar-refractivity contribution in [2.45, 2.75) is 0 Å². The van der Waals surface area contributed by atoms with Crippen LogP contribution in [-0.4, -0.2) is 21.6 Å². The Kier molecular flexibility index (Phi) is 4.20. The van der Waals surface area contributed by atoms with Crippen molar-refractivity contribution in [3.8, 4) is 0 Å². The minimum Gasteiger partial charge on any atom is -0.321 e. The maximum atomic E-state index is 12.2. The number of carbonyl (C=O) groups excluding carboxylic acids is 2. The van der Waals surface area contributed by atoms with E-state index in [0.717, 1.165) is 0 Å².